The zero-order chi connectivity index (χ0) is 8.10. The first-order valence-electron chi connectivity index (χ1n) is 4.62. The van der Waals surface area contributed by atoms with Crippen LogP contribution in [0.5, 0.6) is 0 Å². The number of rotatable bonds is 3. The van der Waals surface area contributed by atoms with Gasteiger partial charge in [-0.3, -0.25) is 0 Å². The SMILES string of the molecule is CNC(C)CC1CCCCS1. The summed E-state index contributed by atoms with van der Waals surface area (Å²) >= 11 is 2.17. The summed E-state index contributed by atoms with van der Waals surface area (Å²) in [5.41, 5.74) is 0. The number of nitrogens with one attached hydrogen (secondary N) is 1. The van der Waals surface area contributed by atoms with Crippen molar-refractivity contribution in [2.24, 2.45) is 0 Å². The van der Waals surface area contributed by atoms with Crippen LogP contribution in [-0.4, -0.2) is 24.1 Å². The Kier molecular flexibility index (Phi) is 4.31. The lowest BCUT2D eigenvalue weighted by Gasteiger charge is -2.23. The molecule has 0 aliphatic carbocycles. The van der Waals surface area contributed by atoms with Gasteiger partial charge in [0.05, 0.1) is 0 Å². The first-order chi connectivity index (χ1) is 5.33. The van der Waals surface area contributed by atoms with E-state index in [1.165, 1.54) is 31.4 Å². The molecule has 0 spiro atoms. The van der Waals surface area contributed by atoms with E-state index in [1.807, 2.05) is 0 Å². The molecule has 1 N–H and O–H groups in total. The fourth-order valence-electron chi connectivity index (χ4n) is 1.51. The summed E-state index contributed by atoms with van der Waals surface area (Å²) in [5, 5.41) is 4.24. The van der Waals surface area contributed by atoms with Crippen LogP contribution in [0.15, 0.2) is 0 Å². The molecule has 0 bridgehead atoms. The predicted molar refractivity (Wildman–Crippen MR) is 53.2 cm³/mol. The third kappa shape index (κ3) is 3.48. The molecule has 1 aliphatic heterocycles. The van der Waals surface area contributed by atoms with Crippen LogP contribution in [-0.2, 0) is 0 Å². The lowest BCUT2D eigenvalue weighted by Crippen LogP contribution is -2.26. The molecule has 0 saturated carbocycles. The van der Waals surface area contributed by atoms with Gasteiger partial charge in [-0.05, 0) is 39.0 Å². The Morgan fingerprint density at radius 3 is 2.91 bits per heavy atom. The fourth-order valence-corrected chi connectivity index (χ4v) is 2.97. The Bertz CT molecular complexity index is 99.7. The van der Waals surface area contributed by atoms with Crippen LogP contribution in [0.1, 0.15) is 32.6 Å². The molecule has 0 aromatic rings. The predicted octanol–water partition coefficient (Wildman–Crippen LogP) is 2.27. The van der Waals surface area contributed by atoms with Crippen molar-refractivity contribution in [3.63, 3.8) is 0 Å². The minimum absolute atomic E-state index is 0.700. The molecular weight excluding hydrogens is 154 g/mol. The third-order valence-corrected chi connectivity index (χ3v) is 3.81. The molecule has 11 heavy (non-hydrogen) atoms. The average Bonchev–Trinajstić information content (AvgIpc) is 2.06. The van der Waals surface area contributed by atoms with Crippen LogP contribution >= 0.6 is 11.8 Å². The average molecular weight is 173 g/mol. The Labute approximate surface area is 74.3 Å². The molecule has 1 rings (SSSR count). The standard InChI is InChI=1S/C9H19NS/c1-8(10-2)7-9-5-3-4-6-11-9/h8-10H,3-7H2,1-2H3. The Hall–Kier alpha value is 0.310. The van der Waals surface area contributed by atoms with Gasteiger partial charge < -0.3 is 5.32 Å². The lowest BCUT2D eigenvalue weighted by molar-refractivity contribution is 0.521. The second kappa shape index (κ2) is 5.04. The normalized spacial score (nSPS) is 28.4. The van der Waals surface area contributed by atoms with E-state index in [1.54, 1.807) is 0 Å². The maximum atomic E-state index is 3.30. The molecule has 1 fully saturated rings. The summed E-state index contributed by atoms with van der Waals surface area (Å²) < 4.78 is 0. The van der Waals surface area contributed by atoms with Crippen molar-refractivity contribution in [2.45, 2.75) is 43.9 Å². The molecule has 2 heteroatoms. The lowest BCUT2D eigenvalue weighted by atomic mass is 10.1. The van der Waals surface area contributed by atoms with Gasteiger partial charge in [-0.2, -0.15) is 11.8 Å². The van der Waals surface area contributed by atoms with Crippen molar-refractivity contribution in [1.82, 2.24) is 5.32 Å². The molecule has 2 unspecified atom stereocenters. The molecule has 66 valence electrons. The summed E-state index contributed by atoms with van der Waals surface area (Å²) in [6, 6.07) is 0.700. The van der Waals surface area contributed by atoms with Crippen molar-refractivity contribution in [2.75, 3.05) is 12.8 Å². The molecule has 1 aliphatic rings. The Morgan fingerprint density at radius 2 is 2.36 bits per heavy atom. The van der Waals surface area contributed by atoms with Gasteiger partial charge in [-0.1, -0.05) is 6.42 Å². The molecule has 0 aromatic heterocycles. The van der Waals surface area contributed by atoms with Gasteiger partial charge in [0.2, 0.25) is 0 Å². The summed E-state index contributed by atoms with van der Waals surface area (Å²) in [6.07, 6.45) is 5.68. The molecule has 2 atom stereocenters. The van der Waals surface area contributed by atoms with Crippen molar-refractivity contribution < 1.29 is 0 Å². The second-order valence-electron chi connectivity index (χ2n) is 3.41. The van der Waals surface area contributed by atoms with Crippen LogP contribution in [0, 0.1) is 0 Å². The van der Waals surface area contributed by atoms with Gasteiger partial charge in [0, 0.05) is 11.3 Å². The molecule has 0 amide bonds. The van der Waals surface area contributed by atoms with Gasteiger partial charge in [0.25, 0.3) is 0 Å². The van der Waals surface area contributed by atoms with E-state index < -0.39 is 0 Å². The first-order valence-corrected chi connectivity index (χ1v) is 5.66. The highest BCUT2D eigenvalue weighted by atomic mass is 32.2. The van der Waals surface area contributed by atoms with Crippen molar-refractivity contribution in [3.05, 3.63) is 0 Å². The highest BCUT2D eigenvalue weighted by molar-refractivity contribution is 7.99. The van der Waals surface area contributed by atoms with Gasteiger partial charge >= 0.3 is 0 Å². The molecule has 1 saturated heterocycles. The largest absolute Gasteiger partial charge is 0.317 e. The quantitative estimate of drug-likeness (QED) is 0.702. The minimum Gasteiger partial charge on any atom is -0.317 e. The van der Waals surface area contributed by atoms with E-state index in [-0.39, 0.29) is 0 Å². The highest BCUT2D eigenvalue weighted by Gasteiger charge is 2.15. The van der Waals surface area contributed by atoms with Crippen LogP contribution in [0.4, 0.5) is 0 Å². The third-order valence-electron chi connectivity index (χ3n) is 2.38. The summed E-state index contributed by atoms with van der Waals surface area (Å²) in [7, 11) is 2.05. The molecule has 1 heterocycles. The molecule has 1 nitrogen and oxygen atoms in total. The van der Waals surface area contributed by atoms with Crippen LogP contribution in [0.3, 0.4) is 0 Å². The van der Waals surface area contributed by atoms with E-state index in [2.05, 4.69) is 31.1 Å². The van der Waals surface area contributed by atoms with E-state index in [9.17, 15) is 0 Å². The van der Waals surface area contributed by atoms with Crippen LogP contribution < -0.4 is 5.32 Å². The van der Waals surface area contributed by atoms with Gasteiger partial charge in [0.15, 0.2) is 0 Å². The second-order valence-corrected chi connectivity index (χ2v) is 4.82. The van der Waals surface area contributed by atoms with Gasteiger partial charge in [0.1, 0.15) is 0 Å². The molecular formula is C9H19NS. The van der Waals surface area contributed by atoms with E-state index >= 15 is 0 Å². The first kappa shape index (κ1) is 9.40. The molecule has 0 aromatic carbocycles. The van der Waals surface area contributed by atoms with Crippen molar-refractivity contribution in [1.29, 1.82) is 0 Å². The topological polar surface area (TPSA) is 12.0 Å². The van der Waals surface area contributed by atoms with Crippen molar-refractivity contribution in [3.8, 4) is 0 Å². The fraction of sp³-hybridized carbons (Fsp3) is 1.00. The maximum Gasteiger partial charge on any atom is 0.00617 e. The van der Waals surface area contributed by atoms with Crippen LogP contribution in [0.25, 0.3) is 0 Å². The number of hydrogen-bond acceptors (Lipinski definition) is 2. The Morgan fingerprint density at radius 1 is 1.55 bits per heavy atom. The number of thioether (sulfide) groups is 1. The zero-order valence-electron chi connectivity index (χ0n) is 7.60. The van der Waals surface area contributed by atoms with E-state index in [0.29, 0.717) is 6.04 Å². The van der Waals surface area contributed by atoms with Crippen LogP contribution in [0.2, 0.25) is 0 Å². The zero-order valence-corrected chi connectivity index (χ0v) is 8.41. The van der Waals surface area contributed by atoms with Gasteiger partial charge in [-0.25, -0.2) is 0 Å². The summed E-state index contributed by atoms with van der Waals surface area (Å²) in [6.45, 7) is 2.27. The summed E-state index contributed by atoms with van der Waals surface area (Å²) in [4.78, 5) is 0. The maximum absolute atomic E-state index is 3.30. The summed E-state index contributed by atoms with van der Waals surface area (Å²) in [5.74, 6) is 1.39. The van der Waals surface area contributed by atoms with E-state index in [4.69, 9.17) is 0 Å². The molecule has 0 radical (unpaired) electrons. The van der Waals surface area contributed by atoms with Gasteiger partial charge in [-0.15, -0.1) is 0 Å². The monoisotopic (exact) mass is 173 g/mol. The highest BCUT2D eigenvalue weighted by Crippen LogP contribution is 2.28. The number of hydrogen-bond donors (Lipinski definition) is 1. The van der Waals surface area contributed by atoms with Crippen molar-refractivity contribution >= 4 is 11.8 Å². The Balaban J connectivity index is 2.13. The smallest absolute Gasteiger partial charge is 0.00617 e. The van der Waals surface area contributed by atoms with E-state index in [0.717, 1.165) is 5.25 Å². The minimum atomic E-state index is 0.700.